The summed E-state index contributed by atoms with van der Waals surface area (Å²) in [6.45, 7) is 1.80. The lowest BCUT2D eigenvalue weighted by Gasteiger charge is -2.27. The zero-order valence-electron chi connectivity index (χ0n) is 15.7. The van der Waals surface area contributed by atoms with Crippen molar-refractivity contribution in [3.63, 3.8) is 0 Å². The lowest BCUT2D eigenvalue weighted by Crippen LogP contribution is -2.47. The van der Waals surface area contributed by atoms with Crippen LogP contribution in [0.25, 0.3) is 0 Å². The Balaban J connectivity index is 1.79. The summed E-state index contributed by atoms with van der Waals surface area (Å²) >= 11 is 1.21. The highest BCUT2D eigenvalue weighted by Crippen LogP contribution is 2.31. The molecule has 2 atom stereocenters. The molecule has 1 aromatic carbocycles. The van der Waals surface area contributed by atoms with E-state index in [0.29, 0.717) is 10.0 Å². The van der Waals surface area contributed by atoms with Gasteiger partial charge in [0.05, 0.1) is 9.80 Å². The first-order chi connectivity index (χ1) is 13.9. The lowest BCUT2D eigenvalue weighted by molar-refractivity contribution is -0.274. The Morgan fingerprint density at radius 2 is 1.90 bits per heavy atom. The summed E-state index contributed by atoms with van der Waals surface area (Å²) in [6.07, 6.45) is -1.22. The molecule has 0 saturated carbocycles. The van der Waals surface area contributed by atoms with Crippen molar-refractivity contribution in [3.8, 4) is 5.75 Å². The fourth-order valence-electron chi connectivity index (χ4n) is 2.42. The van der Waals surface area contributed by atoms with Gasteiger partial charge in [0, 0.05) is 13.3 Å². The molecule has 8 nitrogen and oxygen atoms in total. The van der Waals surface area contributed by atoms with E-state index in [-0.39, 0.29) is 15.9 Å². The van der Waals surface area contributed by atoms with Crippen molar-refractivity contribution in [1.29, 1.82) is 0 Å². The van der Waals surface area contributed by atoms with Gasteiger partial charge in [0.25, 0.3) is 0 Å². The number of dihydropyridines is 1. The molecule has 2 heterocycles. The van der Waals surface area contributed by atoms with Gasteiger partial charge < -0.3 is 14.8 Å². The number of alkyl halides is 3. The first kappa shape index (κ1) is 22.2. The van der Waals surface area contributed by atoms with Crippen molar-refractivity contribution < 1.29 is 31.1 Å². The van der Waals surface area contributed by atoms with E-state index in [1.165, 1.54) is 36.8 Å². The second-order valence-corrected chi connectivity index (χ2v) is 9.20. The molecule has 162 valence electrons. The lowest BCUT2D eigenvalue weighted by atomic mass is 10.1. The highest BCUT2D eigenvalue weighted by Gasteiger charge is 2.34. The molecular weight excluding hydrogens is 445 g/mol. The van der Waals surface area contributed by atoms with Crippen molar-refractivity contribution >= 4 is 21.2 Å². The number of hydrogen-bond acceptors (Lipinski definition) is 9. The standard InChI is InChI=1S/C17H17F3N4O4S2/c1-10(27-2)14-23-24-15(29-14)16(21)8-7-13(9-22-16)30(25,26)12-5-3-11(4-6-12)28-17(18,19)20/h3-10,22H,21H2,1-2H3. The van der Waals surface area contributed by atoms with Crippen molar-refractivity contribution in [2.45, 2.75) is 29.9 Å². The third kappa shape index (κ3) is 4.64. The molecule has 1 aliphatic rings. The molecule has 0 fully saturated rings. The average molecular weight is 462 g/mol. The van der Waals surface area contributed by atoms with Gasteiger partial charge >= 0.3 is 6.36 Å². The molecule has 1 aromatic heterocycles. The molecule has 0 bridgehead atoms. The van der Waals surface area contributed by atoms with Crippen LogP contribution in [0, 0.1) is 0 Å². The molecule has 3 N–H and O–H groups in total. The molecular formula is C17H17F3N4O4S2. The number of nitrogens with two attached hydrogens (primary N) is 1. The predicted molar refractivity (Wildman–Crippen MR) is 102 cm³/mol. The van der Waals surface area contributed by atoms with E-state index < -0.39 is 27.6 Å². The van der Waals surface area contributed by atoms with Crippen LogP contribution in [0.3, 0.4) is 0 Å². The first-order valence-electron chi connectivity index (χ1n) is 8.38. The van der Waals surface area contributed by atoms with Gasteiger partial charge in [-0.2, -0.15) is 0 Å². The number of aromatic nitrogens is 2. The van der Waals surface area contributed by atoms with Crippen LogP contribution in [-0.4, -0.2) is 32.1 Å². The number of nitrogens with one attached hydrogen (secondary N) is 1. The number of ether oxygens (including phenoxy) is 2. The van der Waals surface area contributed by atoms with E-state index in [2.05, 4.69) is 20.3 Å². The van der Waals surface area contributed by atoms with Crippen LogP contribution in [0.4, 0.5) is 13.2 Å². The number of methoxy groups -OCH3 is 1. The minimum Gasteiger partial charge on any atom is -0.406 e. The highest BCUT2D eigenvalue weighted by molar-refractivity contribution is 7.95. The predicted octanol–water partition coefficient (Wildman–Crippen LogP) is 2.73. The molecule has 0 radical (unpaired) electrons. The van der Waals surface area contributed by atoms with Crippen molar-refractivity contribution in [3.05, 3.63) is 57.5 Å². The Labute approximate surface area is 174 Å². The molecule has 0 aliphatic carbocycles. The SMILES string of the molecule is COC(C)c1nnc(C2(N)C=CC(S(=O)(=O)c3ccc(OC(F)(F)F)cc3)=CN2)s1. The molecule has 13 heteroatoms. The number of rotatable bonds is 6. The second kappa shape index (κ2) is 7.98. The Kier molecular flexibility index (Phi) is 5.91. The maximum atomic E-state index is 12.8. The fourth-order valence-corrected chi connectivity index (χ4v) is 4.57. The topological polar surface area (TPSA) is 116 Å². The Morgan fingerprint density at radius 3 is 2.43 bits per heavy atom. The third-order valence-electron chi connectivity index (χ3n) is 4.14. The largest absolute Gasteiger partial charge is 0.573 e. The number of nitrogens with zero attached hydrogens (tertiary/aromatic N) is 2. The van der Waals surface area contributed by atoms with Crippen LogP contribution < -0.4 is 15.8 Å². The van der Waals surface area contributed by atoms with Gasteiger partial charge in [-0.15, -0.1) is 23.4 Å². The summed E-state index contributed by atoms with van der Waals surface area (Å²) in [6, 6.07) is 3.90. The second-order valence-electron chi connectivity index (χ2n) is 6.24. The first-order valence-corrected chi connectivity index (χ1v) is 10.7. The minimum absolute atomic E-state index is 0.122. The van der Waals surface area contributed by atoms with Crippen LogP contribution in [0.2, 0.25) is 0 Å². The summed E-state index contributed by atoms with van der Waals surface area (Å²) in [7, 11) is -2.47. The van der Waals surface area contributed by atoms with Gasteiger partial charge in [0.15, 0.2) is 10.7 Å². The number of halogens is 3. The summed E-state index contributed by atoms with van der Waals surface area (Å²) in [5.74, 6) is -0.522. The molecule has 1 aliphatic heterocycles. The minimum atomic E-state index is -4.87. The number of allylic oxidation sites excluding steroid dienone is 1. The normalized spacial score (nSPS) is 20.4. The zero-order chi connectivity index (χ0) is 22.2. The van der Waals surface area contributed by atoms with Gasteiger partial charge in [-0.25, -0.2) is 8.42 Å². The van der Waals surface area contributed by atoms with Gasteiger partial charge in [0.2, 0.25) is 9.84 Å². The van der Waals surface area contributed by atoms with E-state index in [4.69, 9.17) is 10.5 Å². The molecule has 2 unspecified atom stereocenters. The molecule has 2 aromatic rings. The molecule has 0 spiro atoms. The van der Waals surface area contributed by atoms with Crippen LogP contribution in [0.1, 0.15) is 23.0 Å². The fraction of sp³-hybridized carbons (Fsp3) is 0.294. The van der Waals surface area contributed by atoms with Crippen LogP contribution in [-0.2, 0) is 20.2 Å². The van der Waals surface area contributed by atoms with Gasteiger partial charge in [-0.1, -0.05) is 11.3 Å². The highest BCUT2D eigenvalue weighted by atomic mass is 32.2. The summed E-state index contributed by atoms with van der Waals surface area (Å²) < 4.78 is 71.2. The number of benzene rings is 1. The Hall–Kier alpha value is -2.48. The van der Waals surface area contributed by atoms with E-state index in [1.807, 2.05) is 0 Å². The maximum absolute atomic E-state index is 12.8. The van der Waals surface area contributed by atoms with E-state index >= 15 is 0 Å². The molecule has 0 saturated heterocycles. The zero-order valence-corrected chi connectivity index (χ0v) is 17.3. The summed E-state index contributed by atoms with van der Waals surface area (Å²) in [5.41, 5.74) is 4.99. The third-order valence-corrected chi connectivity index (χ3v) is 7.14. The Bertz CT molecular complexity index is 1080. The smallest absolute Gasteiger partial charge is 0.406 e. The van der Waals surface area contributed by atoms with Crippen LogP contribution >= 0.6 is 11.3 Å². The quantitative estimate of drug-likeness (QED) is 0.673. The molecule has 0 amide bonds. The van der Waals surface area contributed by atoms with Gasteiger partial charge in [0.1, 0.15) is 16.9 Å². The number of hydrogen-bond donors (Lipinski definition) is 2. The summed E-state index contributed by atoms with van der Waals surface area (Å²) in [5, 5.41) is 11.8. The molecule has 30 heavy (non-hydrogen) atoms. The van der Waals surface area contributed by atoms with Gasteiger partial charge in [-0.3, -0.25) is 5.73 Å². The Morgan fingerprint density at radius 1 is 1.23 bits per heavy atom. The molecule has 3 rings (SSSR count). The maximum Gasteiger partial charge on any atom is 0.573 e. The van der Waals surface area contributed by atoms with Crippen molar-refractivity contribution in [1.82, 2.24) is 15.5 Å². The van der Waals surface area contributed by atoms with Crippen LogP contribution in [0.5, 0.6) is 5.75 Å². The number of sulfone groups is 1. The average Bonchev–Trinajstić information content (AvgIpc) is 3.18. The van der Waals surface area contributed by atoms with E-state index in [9.17, 15) is 21.6 Å². The monoisotopic (exact) mass is 462 g/mol. The van der Waals surface area contributed by atoms with Gasteiger partial charge in [-0.05, 0) is 43.3 Å². The van der Waals surface area contributed by atoms with Crippen LogP contribution in [0.15, 0.2) is 52.4 Å². The van der Waals surface area contributed by atoms with Crippen molar-refractivity contribution in [2.24, 2.45) is 5.73 Å². The summed E-state index contributed by atoms with van der Waals surface area (Å²) in [4.78, 5) is -0.325. The van der Waals surface area contributed by atoms with E-state index in [0.717, 1.165) is 24.3 Å². The van der Waals surface area contributed by atoms with E-state index in [1.54, 1.807) is 6.92 Å². The van der Waals surface area contributed by atoms with Crippen molar-refractivity contribution in [2.75, 3.05) is 7.11 Å².